The highest BCUT2D eigenvalue weighted by atomic mass is 35.5. The zero-order valence-electron chi connectivity index (χ0n) is 22.4. The zero-order valence-corrected chi connectivity index (χ0v) is 24.7. The van der Waals surface area contributed by atoms with E-state index in [9.17, 15) is 18.0 Å². The van der Waals surface area contributed by atoms with Crippen LogP contribution in [0.15, 0.2) is 77.7 Å². The number of halogens is 2. The first kappa shape index (κ1) is 30.5. The summed E-state index contributed by atoms with van der Waals surface area (Å²) in [5.74, 6) is -0.864. The number of nitrogens with zero attached hydrogens (tertiary/aromatic N) is 2. The summed E-state index contributed by atoms with van der Waals surface area (Å²) in [5.41, 5.74) is 1.65. The van der Waals surface area contributed by atoms with Gasteiger partial charge in [-0.3, -0.25) is 13.9 Å². The Morgan fingerprint density at radius 2 is 1.54 bits per heavy atom. The van der Waals surface area contributed by atoms with Gasteiger partial charge in [-0.2, -0.15) is 0 Å². The van der Waals surface area contributed by atoms with Crippen molar-refractivity contribution in [2.75, 3.05) is 10.8 Å². The Morgan fingerprint density at radius 1 is 0.923 bits per heavy atom. The number of rotatable bonds is 11. The summed E-state index contributed by atoms with van der Waals surface area (Å²) in [6.07, 6.45) is 0.725. The van der Waals surface area contributed by atoms with E-state index in [1.165, 1.54) is 17.0 Å². The number of anilines is 1. The van der Waals surface area contributed by atoms with Crippen molar-refractivity contribution in [2.24, 2.45) is 0 Å². The summed E-state index contributed by atoms with van der Waals surface area (Å²) in [6.45, 7) is 6.76. The number of hydrogen-bond donors (Lipinski definition) is 1. The number of aryl methyl sites for hydroxylation is 1. The Balaban J connectivity index is 2.04. The lowest BCUT2D eigenvalue weighted by molar-refractivity contribution is -0.139. The molecule has 0 spiro atoms. The van der Waals surface area contributed by atoms with E-state index in [0.29, 0.717) is 21.3 Å². The summed E-state index contributed by atoms with van der Waals surface area (Å²) in [6, 6.07) is 18.7. The van der Waals surface area contributed by atoms with Gasteiger partial charge in [0.25, 0.3) is 10.0 Å². The number of amides is 2. The maximum absolute atomic E-state index is 13.9. The van der Waals surface area contributed by atoms with Crippen LogP contribution in [-0.2, 0) is 26.2 Å². The van der Waals surface area contributed by atoms with Crippen LogP contribution in [0.4, 0.5) is 5.69 Å². The van der Waals surface area contributed by atoms with Gasteiger partial charge in [0.1, 0.15) is 12.6 Å². The third-order valence-electron chi connectivity index (χ3n) is 6.47. The summed E-state index contributed by atoms with van der Waals surface area (Å²) < 4.78 is 28.8. The molecule has 2 amide bonds. The minimum Gasteiger partial charge on any atom is -0.352 e. The van der Waals surface area contributed by atoms with Crippen LogP contribution in [0.5, 0.6) is 0 Å². The fourth-order valence-corrected chi connectivity index (χ4v) is 5.82. The monoisotopic (exact) mass is 589 g/mol. The number of nitrogens with one attached hydrogen (secondary N) is 1. The Labute approximate surface area is 240 Å². The summed E-state index contributed by atoms with van der Waals surface area (Å²) in [7, 11) is -4.14. The molecule has 3 aromatic carbocycles. The molecule has 0 aliphatic heterocycles. The fraction of sp³-hybridized carbons (Fsp3) is 0.310. The number of hydrogen-bond acceptors (Lipinski definition) is 4. The second-order valence-corrected chi connectivity index (χ2v) is 12.1. The van der Waals surface area contributed by atoms with E-state index in [-0.39, 0.29) is 23.4 Å². The number of carbonyl (C=O) groups excluding carboxylic acids is 2. The Kier molecular flexibility index (Phi) is 10.4. The van der Waals surface area contributed by atoms with Gasteiger partial charge in [0, 0.05) is 22.6 Å². The van der Waals surface area contributed by atoms with Gasteiger partial charge in [0.15, 0.2) is 0 Å². The summed E-state index contributed by atoms with van der Waals surface area (Å²) >= 11 is 12.2. The normalized spacial score (nSPS) is 12.9. The third-order valence-corrected chi connectivity index (χ3v) is 8.73. The van der Waals surface area contributed by atoms with E-state index in [1.807, 2.05) is 13.8 Å². The highest BCUT2D eigenvalue weighted by molar-refractivity contribution is 7.92. The van der Waals surface area contributed by atoms with Crippen LogP contribution < -0.4 is 9.62 Å². The lowest BCUT2D eigenvalue weighted by Gasteiger charge is -2.33. The Hall–Kier alpha value is -3.07. The molecule has 0 fully saturated rings. The minimum absolute atomic E-state index is 0.0407. The second-order valence-electron chi connectivity index (χ2n) is 9.40. The maximum Gasteiger partial charge on any atom is 0.264 e. The topological polar surface area (TPSA) is 86.8 Å². The van der Waals surface area contributed by atoms with Gasteiger partial charge in [-0.05, 0) is 80.8 Å². The molecule has 0 bridgehead atoms. The molecule has 0 saturated carbocycles. The van der Waals surface area contributed by atoms with Crippen molar-refractivity contribution in [3.8, 4) is 0 Å². The molecule has 10 heteroatoms. The molecule has 0 aromatic heterocycles. The van der Waals surface area contributed by atoms with Crippen molar-refractivity contribution in [3.05, 3.63) is 94.0 Å². The van der Waals surface area contributed by atoms with Crippen molar-refractivity contribution in [3.63, 3.8) is 0 Å². The lowest BCUT2D eigenvalue weighted by Crippen LogP contribution is -2.52. The molecule has 0 aliphatic carbocycles. The van der Waals surface area contributed by atoms with E-state index in [4.69, 9.17) is 23.2 Å². The number of benzene rings is 3. The highest BCUT2D eigenvalue weighted by Crippen LogP contribution is 2.29. The molecular weight excluding hydrogens is 557 g/mol. The zero-order chi connectivity index (χ0) is 28.7. The fourth-order valence-electron chi connectivity index (χ4n) is 3.97. The van der Waals surface area contributed by atoms with Crippen molar-refractivity contribution < 1.29 is 18.0 Å². The largest absolute Gasteiger partial charge is 0.352 e. The van der Waals surface area contributed by atoms with Gasteiger partial charge in [0.05, 0.1) is 10.6 Å². The highest BCUT2D eigenvalue weighted by Gasteiger charge is 2.33. The van der Waals surface area contributed by atoms with Crippen LogP contribution in [0.2, 0.25) is 10.0 Å². The van der Waals surface area contributed by atoms with Gasteiger partial charge in [-0.1, -0.05) is 60.5 Å². The van der Waals surface area contributed by atoms with E-state index >= 15 is 0 Å². The van der Waals surface area contributed by atoms with Crippen LogP contribution >= 0.6 is 23.2 Å². The Bertz CT molecular complexity index is 1400. The van der Waals surface area contributed by atoms with Gasteiger partial charge < -0.3 is 10.2 Å². The number of carbonyl (C=O) groups is 2. The number of sulfonamides is 1. The standard InChI is InChI=1S/C29H33Cl2N3O4S/c1-5-21(3)32-29(36)22(4)33(18-23-11-13-24(30)14-12-23)28(35)19-34(27-16-15-25(31)17-20(27)2)39(37,38)26-9-7-6-8-10-26/h6-17,21-22H,5,18-19H2,1-4H3,(H,32,36)/t21-,22-/m1/s1. The Morgan fingerprint density at radius 3 is 2.13 bits per heavy atom. The van der Waals surface area contributed by atoms with Crippen LogP contribution in [0.3, 0.4) is 0 Å². The van der Waals surface area contributed by atoms with Crippen LogP contribution in [0.1, 0.15) is 38.3 Å². The van der Waals surface area contributed by atoms with Gasteiger partial charge >= 0.3 is 0 Å². The average Bonchev–Trinajstić information content (AvgIpc) is 2.91. The maximum atomic E-state index is 13.9. The van der Waals surface area contributed by atoms with Gasteiger partial charge in [-0.15, -0.1) is 0 Å². The van der Waals surface area contributed by atoms with Crippen LogP contribution in [-0.4, -0.2) is 43.8 Å². The predicted molar refractivity (Wildman–Crippen MR) is 157 cm³/mol. The molecule has 2 atom stereocenters. The van der Waals surface area contributed by atoms with Crippen molar-refractivity contribution in [1.29, 1.82) is 0 Å². The van der Waals surface area contributed by atoms with E-state index in [2.05, 4.69) is 5.32 Å². The van der Waals surface area contributed by atoms with E-state index in [0.717, 1.165) is 16.3 Å². The molecule has 0 aliphatic rings. The quantitative estimate of drug-likeness (QED) is 0.305. The van der Waals surface area contributed by atoms with E-state index < -0.39 is 28.5 Å². The van der Waals surface area contributed by atoms with Crippen molar-refractivity contribution >= 4 is 50.7 Å². The molecule has 1 N–H and O–H groups in total. The molecular formula is C29H33Cl2N3O4S. The molecule has 7 nitrogen and oxygen atoms in total. The molecule has 0 heterocycles. The molecule has 3 aromatic rings. The molecule has 208 valence electrons. The van der Waals surface area contributed by atoms with Crippen molar-refractivity contribution in [2.45, 2.75) is 57.6 Å². The minimum atomic E-state index is -4.14. The molecule has 0 saturated heterocycles. The molecule has 3 rings (SSSR count). The van der Waals surface area contributed by atoms with E-state index in [1.54, 1.807) is 74.5 Å². The second kappa shape index (κ2) is 13.3. The average molecular weight is 591 g/mol. The molecule has 0 unspecified atom stereocenters. The first-order chi connectivity index (χ1) is 18.4. The van der Waals surface area contributed by atoms with Gasteiger partial charge in [0.2, 0.25) is 11.8 Å². The SMILES string of the molecule is CC[C@@H](C)NC(=O)[C@@H](C)N(Cc1ccc(Cl)cc1)C(=O)CN(c1ccc(Cl)cc1C)S(=O)(=O)c1ccccc1. The smallest absolute Gasteiger partial charge is 0.264 e. The lowest BCUT2D eigenvalue weighted by atomic mass is 10.1. The van der Waals surface area contributed by atoms with Crippen LogP contribution in [0.25, 0.3) is 0 Å². The summed E-state index contributed by atoms with van der Waals surface area (Å²) in [4.78, 5) is 28.5. The summed E-state index contributed by atoms with van der Waals surface area (Å²) in [5, 5.41) is 3.90. The predicted octanol–water partition coefficient (Wildman–Crippen LogP) is 5.83. The van der Waals surface area contributed by atoms with Crippen molar-refractivity contribution in [1.82, 2.24) is 10.2 Å². The molecule has 39 heavy (non-hydrogen) atoms. The molecule has 0 radical (unpaired) electrons. The first-order valence-electron chi connectivity index (χ1n) is 12.6. The third kappa shape index (κ3) is 7.75. The van der Waals surface area contributed by atoms with Gasteiger partial charge in [-0.25, -0.2) is 8.42 Å². The van der Waals surface area contributed by atoms with Crippen LogP contribution in [0, 0.1) is 6.92 Å². The first-order valence-corrected chi connectivity index (χ1v) is 14.8.